The third kappa shape index (κ3) is 5.97. The molecule has 10 heteroatoms. The Morgan fingerprint density at radius 2 is 1.79 bits per heavy atom. The number of benzene rings is 1. The highest BCUT2D eigenvalue weighted by molar-refractivity contribution is 7.84. The third-order valence-electron chi connectivity index (χ3n) is 3.90. The summed E-state index contributed by atoms with van der Waals surface area (Å²) in [5.74, 6) is -0.857. The van der Waals surface area contributed by atoms with Gasteiger partial charge < -0.3 is 5.01 Å². The summed E-state index contributed by atoms with van der Waals surface area (Å²) >= 11 is 0. The average molecular weight is 427 g/mol. The molecular formula is C18H26F5N3OS. The number of hydrazone groups is 1. The van der Waals surface area contributed by atoms with Crippen molar-refractivity contribution in [3.8, 4) is 0 Å². The van der Waals surface area contributed by atoms with Crippen molar-refractivity contribution in [3.63, 3.8) is 0 Å². The van der Waals surface area contributed by atoms with Crippen molar-refractivity contribution in [2.45, 2.75) is 50.6 Å². The summed E-state index contributed by atoms with van der Waals surface area (Å²) in [4.78, 5) is 0. The summed E-state index contributed by atoms with van der Waals surface area (Å²) in [6.45, 7) is 4.72. The molecule has 0 aromatic heterocycles. The van der Waals surface area contributed by atoms with Gasteiger partial charge in [-0.05, 0) is 33.3 Å². The molecule has 0 aliphatic heterocycles. The summed E-state index contributed by atoms with van der Waals surface area (Å²) in [5.41, 5.74) is -3.71. The minimum Gasteiger partial charge on any atom is -0.303 e. The van der Waals surface area contributed by atoms with Crippen molar-refractivity contribution >= 4 is 16.7 Å². The molecule has 0 saturated heterocycles. The Balaban J connectivity index is 3.66. The molecular weight excluding hydrogens is 401 g/mol. The van der Waals surface area contributed by atoms with Gasteiger partial charge in [-0.15, -0.1) is 0 Å². The quantitative estimate of drug-likeness (QED) is 0.402. The van der Waals surface area contributed by atoms with E-state index >= 15 is 0 Å². The van der Waals surface area contributed by atoms with Crippen LogP contribution in [0.15, 0.2) is 23.3 Å². The molecule has 0 amide bonds. The van der Waals surface area contributed by atoms with Gasteiger partial charge in [-0.1, -0.05) is 18.2 Å². The minimum atomic E-state index is -4.88. The van der Waals surface area contributed by atoms with E-state index < -0.39 is 52.1 Å². The number of rotatable bonds is 7. The van der Waals surface area contributed by atoms with Crippen LogP contribution in [0.5, 0.6) is 0 Å². The third-order valence-corrected chi connectivity index (χ3v) is 5.59. The molecule has 2 atom stereocenters. The van der Waals surface area contributed by atoms with Crippen molar-refractivity contribution in [2.24, 2.45) is 5.10 Å². The lowest BCUT2D eigenvalue weighted by atomic mass is 9.85. The Kier molecular flexibility index (Phi) is 7.74. The number of alkyl halides is 4. The molecule has 1 rings (SSSR count). The van der Waals surface area contributed by atoms with Gasteiger partial charge in [0.15, 0.2) is 0 Å². The molecule has 1 aromatic carbocycles. The van der Waals surface area contributed by atoms with Crippen LogP contribution in [0.2, 0.25) is 0 Å². The molecule has 0 bridgehead atoms. The molecule has 1 aromatic rings. The van der Waals surface area contributed by atoms with Gasteiger partial charge in [0.05, 0.1) is 21.3 Å². The number of nitrogens with zero attached hydrogens (tertiary/aromatic N) is 2. The van der Waals surface area contributed by atoms with Gasteiger partial charge in [-0.25, -0.2) is 17.7 Å². The zero-order valence-corrected chi connectivity index (χ0v) is 17.6. The molecule has 1 N–H and O–H groups in total. The SMILES string of the molecule is Cc1cccc(C(CF)(C/C(=N\N(C)C)C(F)(F)F)NS(=O)C(C)(C)C)c1F. The van der Waals surface area contributed by atoms with E-state index in [2.05, 4.69) is 9.82 Å². The second-order valence-electron chi connectivity index (χ2n) is 7.70. The van der Waals surface area contributed by atoms with E-state index in [1.807, 2.05) is 0 Å². The maximum Gasteiger partial charge on any atom is 0.431 e. The number of hydrogen-bond donors (Lipinski definition) is 1. The van der Waals surface area contributed by atoms with E-state index in [4.69, 9.17) is 0 Å². The van der Waals surface area contributed by atoms with Crippen molar-refractivity contribution in [2.75, 3.05) is 20.8 Å². The van der Waals surface area contributed by atoms with E-state index in [0.717, 1.165) is 5.01 Å². The Morgan fingerprint density at radius 1 is 1.21 bits per heavy atom. The van der Waals surface area contributed by atoms with Crippen LogP contribution in [0, 0.1) is 12.7 Å². The number of hydrogen-bond acceptors (Lipinski definition) is 3. The predicted molar refractivity (Wildman–Crippen MR) is 102 cm³/mol. The molecule has 0 aliphatic rings. The zero-order valence-electron chi connectivity index (χ0n) is 16.7. The van der Waals surface area contributed by atoms with Gasteiger partial charge in [-0.2, -0.15) is 18.3 Å². The lowest BCUT2D eigenvalue weighted by Crippen LogP contribution is -2.52. The van der Waals surface area contributed by atoms with Crippen LogP contribution in [0.4, 0.5) is 22.0 Å². The molecule has 28 heavy (non-hydrogen) atoms. The first-order chi connectivity index (χ1) is 12.6. The fraction of sp³-hybridized carbons (Fsp3) is 0.611. The highest BCUT2D eigenvalue weighted by atomic mass is 32.2. The zero-order chi connectivity index (χ0) is 21.9. The van der Waals surface area contributed by atoms with Crippen LogP contribution in [-0.2, 0) is 16.5 Å². The van der Waals surface area contributed by atoms with Gasteiger partial charge >= 0.3 is 6.18 Å². The molecule has 0 saturated carbocycles. The van der Waals surface area contributed by atoms with Gasteiger partial charge in [-0.3, -0.25) is 0 Å². The van der Waals surface area contributed by atoms with Gasteiger partial charge in [0.25, 0.3) is 0 Å². The van der Waals surface area contributed by atoms with E-state index in [1.165, 1.54) is 39.2 Å². The standard InChI is InChI=1S/C18H26F5N3OS/c1-12-8-7-9-13(15(12)20)17(11-19,25-28(27)16(2,3)4)10-14(18(21,22)23)24-26(5)6/h7-9,25H,10-11H2,1-6H3/b24-14+. The molecule has 0 heterocycles. The lowest BCUT2D eigenvalue weighted by Gasteiger charge is -2.36. The van der Waals surface area contributed by atoms with E-state index in [9.17, 15) is 26.2 Å². The lowest BCUT2D eigenvalue weighted by molar-refractivity contribution is -0.0630. The second-order valence-corrected chi connectivity index (χ2v) is 9.67. The normalized spacial score (nSPS) is 16.6. The summed E-state index contributed by atoms with van der Waals surface area (Å²) in [6.07, 6.45) is -5.91. The highest BCUT2D eigenvalue weighted by Gasteiger charge is 2.46. The highest BCUT2D eigenvalue weighted by Crippen LogP contribution is 2.35. The first kappa shape index (κ1) is 24.5. The number of halogens is 5. The van der Waals surface area contributed by atoms with E-state index in [1.54, 1.807) is 20.8 Å². The Labute approximate surface area is 164 Å². The Hall–Kier alpha value is -1.55. The minimum absolute atomic E-state index is 0.136. The molecule has 4 nitrogen and oxygen atoms in total. The number of nitrogens with one attached hydrogen (secondary N) is 1. The molecule has 0 radical (unpaired) electrons. The second kappa shape index (κ2) is 8.86. The van der Waals surface area contributed by atoms with Crippen molar-refractivity contribution in [1.29, 1.82) is 0 Å². The van der Waals surface area contributed by atoms with E-state index in [-0.39, 0.29) is 11.1 Å². The fourth-order valence-electron chi connectivity index (χ4n) is 2.40. The summed E-state index contributed by atoms with van der Waals surface area (Å²) in [7, 11) is 0.607. The summed E-state index contributed by atoms with van der Waals surface area (Å²) in [6, 6.07) is 4.02. The maximum absolute atomic E-state index is 14.8. The van der Waals surface area contributed by atoms with E-state index in [0.29, 0.717) is 0 Å². The van der Waals surface area contributed by atoms with Crippen LogP contribution in [0.1, 0.15) is 38.3 Å². The van der Waals surface area contributed by atoms with Crippen molar-refractivity contribution < 1.29 is 26.2 Å². The summed E-state index contributed by atoms with van der Waals surface area (Å²) in [5, 5.41) is 4.35. The number of aryl methyl sites for hydroxylation is 1. The Bertz CT molecular complexity index is 744. The van der Waals surface area contributed by atoms with Crippen molar-refractivity contribution in [1.82, 2.24) is 9.73 Å². The molecule has 0 aliphatic carbocycles. The van der Waals surface area contributed by atoms with Gasteiger partial charge in [0.2, 0.25) is 0 Å². The van der Waals surface area contributed by atoms with Gasteiger partial charge in [0.1, 0.15) is 18.2 Å². The fourth-order valence-corrected chi connectivity index (χ4v) is 3.30. The summed E-state index contributed by atoms with van der Waals surface area (Å²) < 4.78 is 83.9. The van der Waals surface area contributed by atoms with Crippen LogP contribution in [0.3, 0.4) is 0 Å². The van der Waals surface area contributed by atoms with Crippen molar-refractivity contribution in [3.05, 3.63) is 35.1 Å². The van der Waals surface area contributed by atoms with Crippen LogP contribution >= 0.6 is 0 Å². The Morgan fingerprint density at radius 3 is 2.21 bits per heavy atom. The maximum atomic E-state index is 14.8. The molecule has 0 fully saturated rings. The molecule has 160 valence electrons. The average Bonchev–Trinajstić information content (AvgIpc) is 2.53. The van der Waals surface area contributed by atoms with Gasteiger partial charge in [0, 0.05) is 26.1 Å². The van der Waals surface area contributed by atoms with Crippen LogP contribution in [0.25, 0.3) is 0 Å². The molecule has 2 unspecified atom stereocenters. The first-order valence-electron chi connectivity index (χ1n) is 8.47. The monoisotopic (exact) mass is 427 g/mol. The smallest absolute Gasteiger partial charge is 0.303 e. The van der Waals surface area contributed by atoms with Crippen LogP contribution in [-0.4, -0.2) is 46.6 Å². The predicted octanol–water partition coefficient (Wildman–Crippen LogP) is 4.22. The largest absolute Gasteiger partial charge is 0.431 e. The van der Waals surface area contributed by atoms with Crippen LogP contribution < -0.4 is 4.72 Å². The molecule has 0 spiro atoms. The first-order valence-corrected chi connectivity index (χ1v) is 9.62. The topological polar surface area (TPSA) is 44.7 Å².